The summed E-state index contributed by atoms with van der Waals surface area (Å²) in [5.74, 6) is 0. The van der Waals surface area contributed by atoms with E-state index in [0.29, 0.717) is 0 Å². The fourth-order valence-corrected chi connectivity index (χ4v) is 2.51. The van der Waals surface area contributed by atoms with Crippen LogP contribution in [0.2, 0.25) is 0 Å². The summed E-state index contributed by atoms with van der Waals surface area (Å²) in [6.07, 6.45) is -0.449. The van der Waals surface area contributed by atoms with Crippen LogP contribution >= 0.6 is 0 Å². The second kappa shape index (κ2) is 6.21. The van der Waals surface area contributed by atoms with Crippen LogP contribution in [0.5, 0.6) is 0 Å². The second-order valence-corrected chi connectivity index (χ2v) is 6.02. The lowest BCUT2D eigenvalue weighted by Crippen LogP contribution is -2.49. The number of quaternary nitrogens is 1. The molecule has 0 fully saturated rings. The third-order valence-electron chi connectivity index (χ3n) is 4.13. The summed E-state index contributed by atoms with van der Waals surface area (Å²) in [5.41, 5.74) is 2.28. The third kappa shape index (κ3) is 3.47. The minimum Gasteiger partial charge on any atom is -0.382 e. The van der Waals surface area contributed by atoms with Crippen LogP contribution in [0.25, 0.3) is 0 Å². The van der Waals surface area contributed by atoms with Gasteiger partial charge in [-0.2, -0.15) is 0 Å². The first-order chi connectivity index (χ1) is 9.50. The molecule has 0 bridgehead atoms. The van der Waals surface area contributed by atoms with Crippen molar-refractivity contribution in [2.24, 2.45) is 0 Å². The topological polar surface area (TPSA) is 20.2 Å². The second-order valence-electron chi connectivity index (χ2n) is 6.02. The molecule has 2 atom stereocenters. The van der Waals surface area contributed by atoms with E-state index >= 15 is 0 Å². The van der Waals surface area contributed by atoms with Gasteiger partial charge >= 0.3 is 0 Å². The zero-order valence-corrected chi connectivity index (χ0v) is 12.5. The van der Waals surface area contributed by atoms with E-state index in [-0.39, 0.29) is 6.04 Å². The Labute approximate surface area is 121 Å². The van der Waals surface area contributed by atoms with Crippen molar-refractivity contribution in [2.75, 3.05) is 14.1 Å². The summed E-state index contributed by atoms with van der Waals surface area (Å²) in [4.78, 5) is 0. The van der Waals surface area contributed by atoms with Gasteiger partial charge in [-0.05, 0) is 12.5 Å². The van der Waals surface area contributed by atoms with E-state index < -0.39 is 6.10 Å². The standard InChI is InChI=1S/C18H24NO/c1-15(18(20)17-12-8-5-9-13-17)19(2,3)14-16-10-6-4-7-11-16/h4-13,15,18,20H,14H2,1-3H3/q+1/t15-,18-/m0/s1. The highest BCUT2D eigenvalue weighted by atomic mass is 16.3. The average Bonchev–Trinajstić information content (AvgIpc) is 2.47. The van der Waals surface area contributed by atoms with Crippen molar-refractivity contribution in [2.45, 2.75) is 25.6 Å². The van der Waals surface area contributed by atoms with E-state index in [1.54, 1.807) is 0 Å². The van der Waals surface area contributed by atoms with Crippen molar-refractivity contribution >= 4 is 0 Å². The zero-order valence-electron chi connectivity index (χ0n) is 12.5. The summed E-state index contributed by atoms with van der Waals surface area (Å²) in [5, 5.41) is 10.6. The number of aliphatic hydroxyl groups is 1. The van der Waals surface area contributed by atoms with Gasteiger partial charge in [-0.15, -0.1) is 0 Å². The Bertz CT molecular complexity index is 522. The molecule has 0 spiro atoms. The molecule has 2 rings (SSSR count). The van der Waals surface area contributed by atoms with E-state index in [9.17, 15) is 5.11 Å². The Morgan fingerprint density at radius 3 is 1.95 bits per heavy atom. The van der Waals surface area contributed by atoms with E-state index in [0.717, 1.165) is 16.6 Å². The van der Waals surface area contributed by atoms with Gasteiger partial charge in [0, 0.05) is 5.56 Å². The van der Waals surface area contributed by atoms with Gasteiger partial charge in [0.2, 0.25) is 0 Å². The Hall–Kier alpha value is -1.64. The Morgan fingerprint density at radius 1 is 0.900 bits per heavy atom. The predicted molar refractivity (Wildman–Crippen MR) is 83.1 cm³/mol. The maximum atomic E-state index is 10.6. The fourth-order valence-electron chi connectivity index (χ4n) is 2.51. The summed E-state index contributed by atoms with van der Waals surface area (Å²) in [6.45, 7) is 3.02. The SMILES string of the molecule is C[C@@H]([C@H](O)c1ccccc1)[N+](C)(C)Cc1ccccc1. The van der Waals surface area contributed by atoms with Crippen LogP contribution < -0.4 is 0 Å². The number of benzene rings is 2. The van der Waals surface area contributed by atoms with E-state index in [1.807, 2.05) is 36.4 Å². The molecule has 2 heteroatoms. The smallest absolute Gasteiger partial charge is 0.130 e. The quantitative estimate of drug-likeness (QED) is 0.826. The van der Waals surface area contributed by atoms with E-state index in [1.165, 1.54) is 5.56 Å². The minimum absolute atomic E-state index is 0.123. The van der Waals surface area contributed by atoms with E-state index in [4.69, 9.17) is 0 Å². The molecule has 20 heavy (non-hydrogen) atoms. The number of aliphatic hydroxyl groups excluding tert-OH is 1. The number of hydrogen-bond donors (Lipinski definition) is 1. The molecule has 106 valence electrons. The lowest BCUT2D eigenvalue weighted by Gasteiger charge is -2.38. The molecule has 0 aliphatic heterocycles. The van der Waals surface area contributed by atoms with Gasteiger partial charge < -0.3 is 9.59 Å². The summed E-state index contributed by atoms with van der Waals surface area (Å²) >= 11 is 0. The van der Waals surface area contributed by atoms with Gasteiger partial charge in [0.15, 0.2) is 0 Å². The van der Waals surface area contributed by atoms with Gasteiger partial charge in [-0.1, -0.05) is 60.7 Å². The average molecular weight is 270 g/mol. The molecule has 2 nitrogen and oxygen atoms in total. The normalized spacial score (nSPS) is 14.8. The predicted octanol–water partition coefficient (Wildman–Crippen LogP) is 3.39. The first kappa shape index (κ1) is 14.8. The summed E-state index contributed by atoms with van der Waals surface area (Å²) in [7, 11) is 4.34. The van der Waals surface area contributed by atoms with E-state index in [2.05, 4.69) is 45.3 Å². The third-order valence-corrected chi connectivity index (χ3v) is 4.13. The van der Waals surface area contributed by atoms with Crippen LogP contribution in [0.15, 0.2) is 60.7 Å². The Kier molecular flexibility index (Phi) is 4.58. The molecule has 0 unspecified atom stereocenters. The first-order valence-corrected chi connectivity index (χ1v) is 7.10. The van der Waals surface area contributed by atoms with Crippen LogP contribution in [0.1, 0.15) is 24.2 Å². The lowest BCUT2D eigenvalue weighted by atomic mass is 10.0. The maximum absolute atomic E-state index is 10.6. The Balaban J connectivity index is 2.12. The molecule has 0 saturated heterocycles. The van der Waals surface area contributed by atoms with Crippen molar-refractivity contribution in [3.63, 3.8) is 0 Å². The zero-order chi connectivity index (χ0) is 14.6. The summed E-state index contributed by atoms with van der Waals surface area (Å²) < 4.78 is 0.750. The molecule has 2 aromatic carbocycles. The highest BCUT2D eigenvalue weighted by Crippen LogP contribution is 2.25. The van der Waals surface area contributed by atoms with Crippen molar-refractivity contribution in [1.82, 2.24) is 0 Å². The highest BCUT2D eigenvalue weighted by Gasteiger charge is 2.31. The molecule has 0 aliphatic rings. The monoisotopic (exact) mass is 270 g/mol. The van der Waals surface area contributed by atoms with Crippen molar-refractivity contribution in [3.05, 3.63) is 71.8 Å². The fraction of sp³-hybridized carbons (Fsp3) is 0.333. The van der Waals surface area contributed by atoms with Gasteiger partial charge in [0.05, 0.1) is 14.1 Å². The van der Waals surface area contributed by atoms with Crippen LogP contribution in [-0.2, 0) is 6.54 Å². The van der Waals surface area contributed by atoms with Crippen molar-refractivity contribution in [3.8, 4) is 0 Å². The molecular weight excluding hydrogens is 246 g/mol. The van der Waals surface area contributed by atoms with Crippen LogP contribution in [0.4, 0.5) is 0 Å². The molecule has 1 N–H and O–H groups in total. The van der Waals surface area contributed by atoms with Crippen LogP contribution in [-0.4, -0.2) is 29.7 Å². The molecule has 2 aromatic rings. The van der Waals surface area contributed by atoms with Crippen LogP contribution in [0.3, 0.4) is 0 Å². The van der Waals surface area contributed by atoms with Crippen molar-refractivity contribution < 1.29 is 9.59 Å². The van der Waals surface area contributed by atoms with Crippen LogP contribution in [0, 0.1) is 0 Å². The molecule has 0 radical (unpaired) electrons. The molecule has 0 heterocycles. The molecule has 0 aromatic heterocycles. The number of hydrogen-bond acceptors (Lipinski definition) is 1. The largest absolute Gasteiger partial charge is 0.382 e. The highest BCUT2D eigenvalue weighted by molar-refractivity contribution is 5.18. The summed E-state index contributed by atoms with van der Waals surface area (Å²) in [6, 6.07) is 20.5. The molecule has 0 saturated carbocycles. The molecule has 0 amide bonds. The lowest BCUT2D eigenvalue weighted by molar-refractivity contribution is -0.930. The molecule has 0 aliphatic carbocycles. The number of likely N-dealkylation sites (N-methyl/N-ethyl adjacent to an activating group) is 1. The number of rotatable bonds is 5. The number of nitrogens with zero attached hydrogens (tertiary/aromatic N) is 1. The first-order valence-electron chi connectivity index (χ1n) is 7.10. The molecular formula is C18H24NO+. The Morgan fingerprint density at radius 2 is 1.40 bits per heavy atom. The van der Waals surface area contributed by atoms with Crippen molar-refractivity contribution in [1.29, 1.82) is 0 Å². The maximum Gasteiger partial charge on any atom is 0.130 e. The van der Waals surface area contributed by atoms with Gasteiger partial charge in [0.1, 0.15) is 18.7 Å². The van der Waals surface area contributed by atoms with Gasteiger partial charge in [-0.25, -0.2) is 0 Å². The van der Waals surface area contributed by atoms with Gasteiger partial charge in [0.25, 0.3) is 0 Å². The van der Waals surface area contributed by atoms with Gasteiger partial charge in [-0.3, -0.25) is 0 Å². The minimum atomic E-state index is -0.449.